The molecule has 1 heterocycles. The highest BCUT2D eigenvalue weighted by atomic mass is 19.1. The van der Waals surface area contributed by atoms with Crippen LogP contribution in [0.5, 0.6) is 0 Å². The summed E-state index contributed by atoms with van der Waals surface area (Å²) in [7, 11) is 1.74. The van der Waals surface area contributed by atoms with E-state index >= 15 is 0 Å². The SMILES string of the molecule is CCC(CC(=O)NC1(CN(C)C(=O)c2cnn(-c3ccc(F)cc3)c2)CC1)C(C)(C)C. The number of aromatic nitrogens is 2. The van der Waals surface area contributed by atoms with E-state index in [4.69, 9.17) is 0 Å². The van der Waals surface area contributed by atoms with Crippen LogP contribution in [0.3, 0.4) is 0 Å². The molecule has 1 unspecified atom stereocenters. The Balaban J connectivity index is 1.59. The molecule has 7 heteroatoms. The zero-order valence-electron chi connectivity index (χ0n) is 19.1. The molecular formula is C24H33FN4O2. The van der Waals surface area contributed by atoms with Gasteiger partial charge >= 0.3 is 0 Å². The zero-order valence-corrected chi connectivity index (χ0v) is 19.1. The van der Waals surface area contributed by atoms with Crippen LogP contribution in [0.25, 0.3) is 5.69 Å². The molecule has 0 bridgehead atoms. The summed E-state index contributed by atoms with van der Waals surface area (Å²) < 4.78 is 14.7. The molecular weight excluding hydrogens is 395 g/mol. The first kappa shape index (κ1) is 23.0. The van der Waals surface area contributed by atoms with Gasteiger partial charge in [-0.25, -0.2) is 9.07 Å². The lowest BCUT2D eigenvalue weighted by Crippen LogP contribution is -2.47. The summed E-state index contributed by atoms with van der Waals surface area (Å²) in [6, 6.07) is 5.92. The summed E-state index contributed by atoms with van der Waals surface area (Å²) in [4.78, 5) is 27.2. The molecule has 1 atom stereocenters. The Morgan fingerprint density at radius 1 is 1.26 bits per heavy atom. The Bertz CT molecular complexity index is 926. The lowest BCUT2D eigenvalue weighted by Gasteiger charge is -2.31. The third-order valence-corrected chi connectivity index (χ3v) is 6.21. The van der Waals surface area contributed by atoms with E-state index in [1.54, 1.807) is 35.0 Å². The van der Waals surface area contributed by atoms with Crippen LogP contribution in [0.4, 0.5) is 4.39 Å². The third-order valence-electron chi connectivity index (χ3n) is 6.21. The van der Waals surface area contributed by atoms with Crippen LogP contribution >= 0.6 is 0 Å². The maximum atomic E-state index is 13.1. The number of hydrogen-bond donors (Lipinski definition) is 1. The van der Waals surface area contributed by atoms with Gasteiger partial charge in [-0.15, -0.1) is 0 Å². The molecule has 0 aliphatic heterocycles. The van der Waals surface area contributed by atoms with Crippen molar-refractivity contribution in [2.45, 2.75) is 58.9 Å². The van der Waals surface area contributed by atoms with Crippen molar-refractivity contribution in [2.24, 2.45) is 11.3 Å². The topological polar surface area (TPSA) is 67.2 Å². The summed E-state index contributed by atoms with van der Waals surface area (Å²) in [5, 5.41) is 7.41. The van der Waals surface area contributed by atoms with Crippen LogP contribution in [0, 0.1) is 17.2 Å². The maximum Gasteiger partial charge on any atom is 0.256 e. The predicted octanol–water partition coefficient (Wildman–Crippen LogP) is 4.19. The van der Waals surface area contributed by atoms with Crippen molar-refractivity contribution < 1.29 is 14.0 Å². The molecule has 168 valence electrons. The van der Waals surface area contributed by atoms with Crippen molar-refractivity contribution in [2.75, 3.05) is 13.6 Å². The van der Waals surface area contributed by atoms with Gasteiger partial charge in [0.15, 0.2) is 0 Å². The highest BCUT2D eigenvalue weighted by Crippen LogP contribution is 2.37. The molecule has 0 saturated heterocycles. The lowest BCUT2D eigenvalue weighted by molar-refractivity contribution is -0.124. The molecule has 2 aromatic rings. The summed E-state index contributed by atoms with van der Waals surface area (Å²) in [5.74, 6) is -0.101. The Morgan fingerprint density at radius 2 is 1.90 bits per heavy atom. The number of nitrogens with zero attached hydrogens (tertiary/aromatic N) is 3. The molecule has 1 aliphatic carbocycles. The van der Waals surface area contributed by atoms with E-state index in [-0.39, 0.29) is 28.6 Å². The van der Waals surface area contributed by atoms with Gasteiger partial charge in [-0.05, 0) is 48.4 Å². The van der Waals surface area contributed by atoms with Crippen LogP contribution in [0.1, 0.15) is 63.7 Å². The largest absolute Gasteiger partial charge is 0.349 e. The Morgan fingerprint density at radius 3 is 2.45 bits per heavy atom. The number of amides is 2. The minimum atomic E-state index is -0.329. The summed E-state index contributed by atoms with van der Waals surface area (Å²) >= 11 is 0. The molecule has 6 nitrogen and oxygen atoms in total. The number of benzene rings is 1. The van der Waals surface area contributed by atoms with Gasteiger partial charge in [0, 0.05) is 26.2 Å². The first-order chi connectivity index (χ1) is 14.5. The second-order valence-corrected chi connectivity index (χ2v) is 9.82. The smallest absolute Gasteiger partial charge is 0.256 e. The summed E-state index contributed by atoms with van der Waals surface area (Å²) in [6.45, 7) is 9.08. The Kier molecular flexibility index (Phi) is 6.53. The third kappa shape index (κ3) is 5.71. The minimum absolute atomic E-state index is 0.0595. The number of nitrogens with one attached hydrogen (secondary N) is 1. The van der Waals surface area contributed by atoms with Gasteiger partial charge in [-0.3, -0.25) is 9.59 Å². The van der Waals surface area contributed by atoms with Crippen LogP contribution in [0.2, 0.25) is 0 Å². The van der Waals surface area contributed by atoms with Gasteiger partial charge in [0.05, 0.1) is 23.0 Å². The van der Waals surface area contributed by atoms with E-state index in [0.717, 1.165) is 19.3 Å². The second kappa shape index (κ2) is 8.81. The van der Waals surface area contributed by atoms with Crippen molar-refractivity contribution in [1.29, 1.82) is 0 Å². The number of hydrogen-bond acceptors (Lipinski definition) is 3. The number of carbonyl (C=O) groups excluding carboxylic acids is 2. The fourth-order valence-electron chi connectivity index (χ4n) is 4.02. The molecule has 1 fully saturated rings. The average molecular weight is 429 g/mol. The Labute approximate surface area is 183 Å². The number of rotatable bonds is 8. The van der Waals surface area contributed by atoms with Crippen LogP contribution < -0.4 is 5.32 Å². The maximum absolute atomic E-state index is 13.1. The number of carbonyl (C=O) groups is 2. The van der Waals surface area contributed by atoms with Crippen LogP contribution in [-0.2, 0) is 4.79 Å². The molecule has 1 saturated carbocycles. The fraction of sp³-hybridized carbons (Fsp3) is 0.542. The van der Waals surface area contributed by atoms with Crippen LogP contribution in [-0.4, -0.2) is 45.6 Å². The van der Waals surface area contributed by atoms with Gasteiger partial charge in [-0.2, -0.15) is 5.10 Å². The van der Waals surface area contributed by atoms with Gasteiger partial charge in [0.25, 0.3) is 5.91 Å². The Hall–Kier alpha value is -2.70. The van der Waals surface area contributed by atoms with Gasteiger partial charge in [0.1, 0.15) is 5.82 Å². The normalized spacial score (nSPS) is 15.9. The van der Waals surface area contributed by atoms with Crippen LogP contribution in [0.15, 0.2) is 36.7 Å². The molecule has 0 radical (unpaired) electrons. The van der Waals surface area contributed by atoms with Gasteiger partial charge < -0.3 is 10.2 Å². The number of likely N-dealkylation sites (N-methyl/N-ethyl adjacent to an activating group) is 1. The van der Waals surface area contributed by atoms with Crippen molar-refractivity contribution >= 4 is 11.8 Å². The van der Waals surface area contributed by atoms with Gasteiger partial charge in [-0.1, -0.05) is 34.1 Å². The number of halogens is 1. The summed E-state index contributed by atoms with van der Waals surface area (Å²) in [5.41, 5.74) is 0.885. The first-order valence-corrected chi connectivity index (χ1v) is 10.9. The quantitative estimate of drug-likeness (QED) is 0.685. The van der Waals surface area contributed by atoms with E-state index in [9.17, 15) is 14.0 Å². The second-order valence-electron chi connectivity index (χ2n) is 9.82. The molecule has 1 aromatic carbocycles. The van der Waals surface area contributed by atoms with E-state index in [1.165, 1.54) is 18.3 Å². The van der Waals surface area contributed by atoms with Crippen molar-refractivity contribution in [3.8, 4) is 5.69 Å². The molecule has 1 aromatic heterocycles. The highest BCUT2D eigenvalue weighted by molar-refractivity contribution is 5.93. The summed E-state index contributed by atoms with van der Waals surface area (Å²) in [6.07, 6.45) is 6.36. The predicted molar refractivity (Wildman–Crippen MR) is 118 cm³/mol. The van der Waals surface area contributed by atoms with E-state index in [1.807, 2.05) is 0 Å². The first-order valence-electron chi connectivity index (χ1n) is 10.9. The van der Waals surface area contributed by atoms with Crippen molar-refractivity contribution in [3.63, 3.8) is 0 Å². The standard InChI is InChI=1S/C24H33FN4O2/c1-6-18(23(2,3)4)13-21(30)27-24(11-12-24)16-28(5)22(31)17-14-26-29(15-17)20-9-7-19(25)8-10-20/h7-10,14-15,18H,6,11-13,16H2,1-5H3,(H,27,30). The minimum Gasteiger partial charge on any atom is -0.349 e. The van der Waals surface area contributed by atoms with E-state index in [0.29, 0.717) is 30.1 Å². The van der Waals surface area contributed by atoms with E-state index in [2.05, 4.69) is 38.1 Å². The fourth-order valence-corrected chi connectivity index (χ4v) is 4.02. The molecule has 2 amide bonds. The molecule has 31 heavy (non-hydrogen) atoms. The molecule has 1 aliphatic rings. The molecule has 3 rings (SSSR count). The monoisotopic (exact) mass is 428 g/mol. The zero-order chi connectivity index (χ0) is 22.8. The molecule has 0 spiro atoms. The van der Waals surface area contributed by atoms with Crippen molar-refractivity contribution in [3.05, 3.63) is 48.0 Å². The molecule has 1 N–H and O–H groups in total. The van der Waals surface area contributed by atoms with E-state index < -0.39 is 0 Å². The highest BCUT2D eigenvalue weighted by Gasteiger charge is 2.46. The average Bonchev–Trinajstić information content (AvgIpc) is 3.25. The lowest BCUT2D eigenvalue weighted by atomic mass is 9.77. The van der Waals surface area contributed by atoms with Gasteiger partial charge in [0.2, 0.25) is 5.91 Å². The van der Waals surface area contributed by atoms with Crippen molar-refractivity contribution in [1.82, 2.24) is 20.0 Å².